The maximum atomic E-state index is 13.8. The normalized spacial score (nSPS) is 46.2. The molecule has 0 saturated heterocycles. The van der Waals surface area contributed by atoms with Gasteiger partial charge in [-0.2, -0.15) is 0 Å². The lowest BCUT2D eigenvalue weighted by atomic mass is 9.68. The molecule has 2 unspecified atom stereocenters. The standard InChI is InChI=1S/C15H19F/c1-10-8-11-4-3-5-12-9-13(16)6-7-15(10,2)14(11)12/h3-5,12-14H,1,6-9H2,2H3/t12-,13?,14?,15+/m0/s1. The number of halogens is 1. The zero-order chi connectivity index (χ0) is 11.3. The van der Waals surface area contributed by atoms with Crippen molar-refractivity contribution in [2.24, 2.45) is 17.3 Å². The first-order valence-corrected chi connectivity index (χ1v) is 6.31. The molecular weight excluding hydrogens is 199 g/mol. The van der Waals surface area contributed by atoms with Crippen LogP contribution in [0, 0.1) is 17.3 Å². The van der Waals surface area contributed by atoms with Gasteiger partial charge >= 0.3 is 0 Å². The van der Waals surface area contributed by atoms with E-state index in [1.807, 2.05) is 0 Å². The molecule has 0 aromatic heterocycles. The van der Waals surface area contributed by atoms with Crippen molar-refractivity contribution in [1.29, 1.82) is 0 Å². The van der Waals surface area contributed by atoms with Crippen molar-refractivity contribution < 1.29 is 4.39 Å². The van der Waals surface area contributed by atoms with Crippen molar-refractivity contribution in [2.75, 3.05) is 0 Å². The smallest absolute Gasteiger partial charge is 0.101 e. The molecule has 0 radical (unpaired) electrons. The highest BCUT2D eigenvalue weighted by Gasteiger charge is 2.50. The molecule has 0 aromatic rings. The van der Waals surface area contributed by atoms with Gasteiger partial charge in [0.25, 0.3) is 0 Å². The molecule has 3 aliphatic carbocycles. The zero-order valence-corrected chi connectivity index (χ0v) is 9.88. The molecule has 2 fully saturated rings. The average molecular weight is 218 g/mol. The summed E-state index contributed by atoms with van der Waals surface area (Å²) in [6, 6.07) is 0. The van der Waals surface area contributed by atoms with Gasteiger partial charge in [-0.1, -0.05) is 42.9 Å². The lowest BCUT2D eigenvalue weighted by Gasteiger charge is -2.36. The van der Waals surface area contributed by atoms with Crippen LogP contribution in [0.5, 0.6) is 0 Å². The summed E-state index contributed by atoms with van der Waals surface area (Å²) < 4.78 is 13.8. The van der Waals surface area contributed by atoms with Crippen molar-refractivity contribution >= 4 is 0 Å². The SMILES string of the molecule is C=C1CC2=CC=C[C@H]3CC(F)CC[C@@]1(C)C23. The van der Waals surface area contributed by atoms with Gasteiger partial charge in [0, 0.05) is 0 Å². The van der Waals surface area contributed by atoms with Crippen LogP contribution < -0.4 is 0 Å². The molecule has 0 nitrogen and oxygen atoms in total. The molecule has 0 bridgehead atoms. The van der Waals surface area contributed by atoms with Crippen LogP contribution in [0.25, 0.3) is 0 Å². The molecule has 1 heteroatoms. The summed E-state index contributed by atoms with van der Waals surface area (Å²) >= 11 is 0. The molecule has 2 saturated carbocycles. The van der Waals surface area contributed by atoms with Crippen LogP contribution in [0.2, 0.25) is 0 Å². The van der Waals surface area contributed by atoms with Crippen LogP contribution >= 0.6 is 0 Å². The Morgan fingerprint density at radius 2 is 2.31 bits per heavy atom. The van der Waals surface area contributed by atoms with Crippen molar-refractivity contribution in [3.63, 3.8) is 0 Å². The monoisotopic (exact) mass is 218 g/mol. The Labute approximate surface area is 96.9 Å². The second-order valence-corrected chi connectivity index (χ2v) is 5.84. The molecule has 0 N–H and O–H groups in total. The molecule has 3 aliphatic rings. The summed E-state index contributed by atoms with van der Waals surface area (Å²) in [6.45, 7) is 6.54. The highest BCUT2D eigenvalue weighted by atomic mass is 19.1. The highest BCUT2D eigenvalue weighted by Crippen LogP contribution is 2.59. The summed E-state index contributed by atoms with van der Waals surface area (Å²) in [4.78, 5) is 0. The fraction of sp³-hybridized carbons (Fsp3) is 0.600. The van der Waals surface area contributed by atoms with Gasteiger partial charge in [0.05, 0.1) is 0 Å². The van der Waals surface area contributed by atoms with E-state index in [4.69, 9.17) is 0 Å². The fourth-order valence-corrected chi connectivity index (χ4v) is 3.95. The third kappa shape index (κ3) is 1.27. The molecule has 3 rings (SSSR count). The first-order chi connectivity index (χ1) is 7.61. The molecule has 0 spiro atoms. The van der Waals surface area contributed by atoms with Crippen molar-refractivity contribution in [1.82, 2.24) is 0 Å². The predicted octanol–water partition coefficient (Wildman–Crippen LogP) is 4.20. The molecule has 16 heavy (non-hydrogen) atoms. The molecule has 0 amide bonds. The van der Waals surface area contributed by atoms with E-state index in [0.717, 1.165) is 12.8 Å². The van der Waals surface area contributed by atoms with Gasteiger partial charge in [-0.25, -0.2) is 4.39 Å². The second kappa shape index (κ2) is 3.32. The third-order valence-corrected chi connectivity index (χ3v) is 4.91. The quantitative estimate of drug-likeness (QED) is 0.534. The van der Waals surface area contributed by atoms with Gasteiger partial charge in [-0.05, 0) is 42.9 Å². The van der Waals surface area contributed by atoms with E-state index < -0.39 is 6.17 Å². The van der Waals surface area contributed by atoms with Crippen LogP contribution in [-0.4, -0.2) is 6.17 Å². The van der Waals surface area contributed by atoms with Crippen LogP contribution in [0.15, 0.2) is 36.0 Å². The van der Waals surface area contributed by atoms with Crippen LogP contribution in [-0.2, 0) is 0 Å². The predicted molar refractivity (Wildman–Crippen MR) is 64.8 cm³/mol. The Balaban J connectivity index is 2.06. The lowest BCUT2D eigenvalue weighted by molar-refractivity contribution is 0.246. The first-order valence-electron chi connectivity index (χ1n) is 6.31. The lowest BCUT2D eigenvalue weighted by Crippen LogP contribution is -2.28. The Hall–Kier alpha value is -0.850. The molecule has 86 valence electrons. The van der Waals surface area contributed by atoms with Gasteiger partial charge in [0.15, 0.2) is 0 Å². The molecule has 4 atom stereocenters. The number of allylic oxidation sites excluding steroid dienone is 5. The minimum Gasteiger partial charge on any atom is -0.247 e. The van der Waals surface area contributed by atoms with Crippen molar-refractivity contribution in [3.8, 4) is 0 Å². The Kier molecular flexibility index (Phi) is 2.14. The maximum absolute atomic E-state index is 13.8. The topological polar surface area (TPSA) is 0 Å². The first kappa shape index (κ1) is 10.3. The van der Waals surface area contributed by atoms with Gasteiger partial charge in [-0.3, -0.25) is 0 Å². The zero-order valence-electron chi connectivity index (χ0n) is 9.88. The third-order valence-electron chi connectivity index (χ3n) is 4.91. The number of rotatable bonds is 0. The average Bonchev–Trinajstić information content (AvgIpc) is 2.40. The maximum Gasteiger partial charge on any atom is 0.101 e. The summed E-state index contributed by atoms with van der Waals surface area (Å²) in [6.07, 6.45) is 9.37. The van der Waals surface area contributed by atoms with Crippen LogP contribution in [0.1, 0.15) is 32.6 Å². The van der Waals surface area contributed by atoms with E-state index in [9.17, 15) is 4.39 Å². The largest absolute Gasteiger partial charge is 0.247 e. The number of hydrogen-bond donors (Lipinski definition) is 0. The minimum absolute atomic E-state index is 0.155. The van der Waals surface area contributed by atoms with Gasteiger partial charge in [0.2, 0.25) is 0 Å². The highest BCUT2D eigenvalue weighted by molar-refractivity contribution is 5.39. The van der Waals surface area contributed by atoms with Crippen LogP contribution in [0.4, 0.5) is 4.39 Å². The summed E-state index contributed by atoms with van der Waals surface area (Å²) in [7, 11) is 0. The number of hydrogen-bond acceptors (Lipinski definition) is 0. The number of alkyl halides is 1. The Bertz CT molecular complexity index is 390. The van der Waals surface area contributed by atoms with Gasteiger partial charge < -0.3 is 0 Å². The molecular formula is C15H19F. The van der Waals surface area contributed by atoms with E-state index >= 15 is 0 Å². The van der Waals surface area contributed by atoms with Crippen molar-refractivity contribution in [3.05, 3.63) is 36.0 Å². The van der Waals surface area contributed by atoms with Gasteiger partial charge in [0.1, 0.15) is 6.17 Å². The molecule has 0 heterocycles. The van der Waals surface area contributed by atoms with Crippen molar-refractivity contribution in [2.45, 2.75) is 38.8 Å². The van der Waals surface area contributed by atoms with E-state index in [0.29, 0.717) is 24.7 Å². The van der Waals surface area contributed by atoms with E-state index in [2.05, 4.69) is 31.7 Å². The second-order valence-electron chi connectivity index (χ2n) is 5.84. The Morgan fingerprint density at radius 3 is 3.12 bits per heavy atom. The Morgan fingerprint density at radius 1 is 1.50 bits per heavy atom. The summed E-state index contributed by atoms with van der Waals surface area (Å²) in [5.41, 5.74) is 2.97. The van der Waals surface area contributed by atoms with Gasteiger partial charge in [-0.15, -0.1) is 0 Å². The minimum atomic E-state index is -0.621. The molecule has 0 aromatic carbocycles. The molecule has 0 aliphatic heterocycles. The van der Waals surface area contributed by atoms with E-state index in [-0.39, 0.29) is 5.41 Å². The van der Waals surface area contributed by atoms with Crippen LogP contribution in [0.3, 0.4) is 0 Å². The summed E-state index contributed by atoms with van der Waals surface area (Å²) in [5, 5.41) is 0. The van der Waals surface area contributed by atoms with E-state index in [1.54, 1.807) is 0 Å². The summed E-state index contributed by atoms with van der Waals surface area (Å²) in [5.74, 6) is 0.937. The fourth-order valence-electron chi connectivity index (χ4n) is 3.95. The van der Waals surface area contributed by atoms with E-state index in [1.165, 1.54) is 11.1 Å².